The Kier molecular flexibility index (Phi) is 8.50. The van der Waals surface area contributed by atoms with Gasteiger partial charge < -0.3 is 14.5 Å². The average molecular weight is 477 g/mol. The number of unbranched alkanes of at least 4 members (excludes halogenated alkanes) is 1. The summed E-state index contributed by atoms with van der Waals surface area (Å²) in [6.07, 6.45) is 2.66. The summed E-state index contributed by atoms with van der Waals surface area (Å²) in [7, 11) is 0. The first kappa shape index (κ1) is 24.2. The van der Waals surface area contributed by atoms with E-state index in [1.165, 1.54) is 10.4 Å². The lowest BCUT2D eigenvalue weighted by Gasteiger charge is -2.37. The molecule has 0 aliphatic carbocycles. The van der Waals surface area contributed by atoms with Gasteiger partial charge in [0.1, 0.15) is 6.61 Å². The van der Waals surface area contributed by atoms with Gasteiger partial charge in [-0.1, -0.05) is 74.0 Å². The summed E-state index contributed by atoms with van der Waals surface area (Å²) in [5, 5.41) is 2.11. The van der Waals surface area contributed by atoms with E-state index in [0.29, 0.717) is 19.7 Å². The number of carbonyl (C=O) groups excluding carboxylic acids is 2. The van der Waals surface area contributed by atoms with Crippen molar-refractivity contribution in [3.8, 4) is 0 Å². The molecule has 1 aromatic heterocycles. The van der Waals surface area contributed by atoms with E-state index in [-0.39, 0.29) is 31.0 Å². The molecular formula is C28H32N2O3S. The Hall–Kier alpha value is -2.96. The van der Waals surface area contributed by atoms with Crippen molar-refractivity contribution in [1.29, 1.82) is 0 Å². The highest BCUT2D eigenvalue weighted by Gasteiger charge is 2.33. The van der Waals surface area contributed by atoms with Crippen molar-refractivity contribution < 1.29 is 14.3 Å². The summed E-state index contributed by atoms with van der Waals surface area (Å²) in [6.45, 7) is 3.74. The van der Waals surface area contributed by atoms with Crippen molar-refractivity contribution in [2.24, 2.45) is 0 Å². The Morgan fingerprint density at radius 2 is 1.79 bits per heavy atom. The molecule has 0 N–H and O–H groups in total. The summed E-state index contributed by atoms with van der Waals surface area (Å²) in [6, 6.07) is 22.0. The lowest BCUT2D eigenvalue weighted by molar-refractivity contribution is -0.144. The van der Waals surface area contributed by atoms with Crippen LogP contribution in [0, 0.1) is 0 Å². The van der Waals surface area contributed by atoms with Crippen LogP contribution >= 0.6 is 11.3 Å². The summed E-state index contributed by atoms with van der Waals surface area (Å²) in [5.41, 5.74) is 3.33. The zero-order chi connectivity index (χ0) is 23.8. The number of carbonyl (C=O) groups is 2. The molecule has 1 aliphatic heterocycles. The fraction of sp³-hybridized carbons (Fsp3) is 0.357. The number of benzene rings is 2. The maximum absolute atomic E-state index is 13.6. The first-order valence-corrected chi connectivity index (χ1v) is 12.9. The lowest BCUT2D eigenvalue weighted by atomic mass is 9.93. The molecule has 3 aromatic rings. The predicted molar refractivity (Wildman–Crippen MR) is 136 cm³/mol. The maximum atomic E-state index is 13.6. The van der Waals surface area contributed by atoms with Crippen molar-refractivity contribution in [1.82, 2.24) is 9.80 Å². The van der Waals surface area contributed by atoms with Gasteiger partial charge in [-0.3, -0.25) is 9.59 Å². The van der Waals surface area contributed by atoms with E-state index in [4.69, 9.17) is 4.74 Å². The van der Waals surface area contributed by atoms with Gasteiger partial charge in [0.2, 0.25) is 11.8 Å². The van der Waals surface area contributed by atoms with E-state index >= 15 is 0 Å². The van der Waals surface area contributed by atoms with Crippen LogP contribution in [0.4, 0.5) is 0 Å². The number of fused-ring (bicyclic) bond motifs is 1. The zero-order valence-electron chi connectivity index (χ0n) is 19.7. The van der Waals surface area contributed by atoms with E-state index < -0.39 is 0 Å². The number of amides is 2. The number of rotatable bonds is 10. The SMILES string of the molecule is CCCCN(CC(=O)N1CCc2sccc2C1c1ccccc1)C(=O)COCc1ccccc1. The number of thiophene rings is 1. The number of ether oxygens (including phenoxy) is 1. The maximum Gasteiger partial charge on any atom is 0.249 e. The Balaban J connectivity index is 1.45. The molecule has 0 bridgehead atoms. The standard InChI is InChI=1S/C28H32N2O3S/c1-2-3-16-29(27(32)21-33-20-22-10-6-4-7-11-22)19-26(31)30-17-14-25-24(15-18-34-25)28(30)23-12-8-5-9-13-23/h4-13,15,18,28H,2-3,14,16-17,19-21H2,1H3. The van der Waals surface area contributed by atoms with Gasteiger partial charge in [-0.05, 0) is 41.0 Å². The highest BCUT2D eigenvalue weighted by Crippen LogP contribution is 2.37. The van der Waals surface area contributed by atoms with Gasteiger partial charge >= 0.3 is 0 Å². The molecule has 0 saturated heterocycles. The van der Waals surface area contributed by atoms with Crippen molar-refractivity contribution >= 4 is 23.2 Å². The molecular weight excluding hydrogens is 444 g/mol. The van der Waals surface area contributed by atoms with E-state index in [0.717, 1.165) is 30.4 Å². The van der Waals surface area contributed by atoms with Crippen LogP contribution in [0.25, 0.3) is 0 Å². The minimum atomic E-state index is -0.137. The highest BCUT2D eigenvalue weighted by atomic mass is 32.1. The Morgan fingerprint density at radius 1 is 1.06 bits per heavy atom. The molecule has 1 aliphatic rings. The second-order valence-corrected chi connectivity index (χ2v) is 9.60. The third-order valence-electron chi connectivity index (χ3n) is 6.20. The minimum Gasteiger partial charge on any atom is -0.367 e. The zero-order valence-corrected chi connectivity index (χ0v) is 20.5. The number of hydrogen-bond acceptors (Lipinski definition) is 4. The van der Waals surface area contributed by atoms with Gasteiger partial charge in [-0.15, -0.1) is 11.3 Å². The summed E-state index contributed by atoms with van der Waals surface area (Å²) in [4.78, 5) is 31.5. The minimum absolute atomic E-state index is 0.0155. The second kappa shape index (κ2) is 12.0. The summed E-state index contributed by atoms with van der Waals surface area (Å²) >= 11 is 1.76. The van der Waals surface area contributed by atoms with Gasteiger partial charge in [-0.2, -0.15) is 0 Å². The number of nitrogens with zero attached hydrogens (tertiary/aromatic N) is 2. The third-order valence-corrected chi connectivity index (χ3v) is 7.20. The molecule has 6 heteroatoms. The van der Waals surface area contributed by atoms with E-state index in [1.807, 2.05) is 53.4 Å². The van der Waals surface area contributed by atoms with Crippen molar-refractivity contribution in [2.45, 2.75) is 38.8 Å². The van der Waals surface area contributed by atoms with Gasteiger partial charge in [0.15, 0.2) is 0 Å². The quantitative estimate of drug-likeness (QED) is 0.411. The van der Waals surface area contributed by atoms with Crippen LogP contribution in [0.1, 0.15) is 47.4 Å². The Labute approximate surface area is 206 Å². The highest BCUT2D eigenvalue weighted by molar-refractivity contribution is 7.10. The largest absolute Gasteiger partial charge is 0.367 e. The van der Waals surface area contributed by atoms with Crippen LogP contribution in [-0.4, -0.2) is 47.9 Å². The molecule has 0 saturated carbocycles. The van der Waals surface area contributed by atoms with E-state index in [2.05, 4.69) is 30.5 Å². The van der Waals surface area contributed by atoms with Gasteiger partial charge in [0, 0.05) is 18.0 Å². The lowest BCUT2D eigenvalue weighted by Crippen LogP contribution is -2.47. The van der Waals surface area contributed by atoms with Crippen LogP contribution in [0.15, 0.2) is 72.1 Å². The molecule has 4 rings (SSSR count). The van der Waals surface area contributed by atoms with Gasteiger partial charge in [-0.25, -0.2) is 0 Å². The van der Waals surface area contributed by atoms with Crippen LogP contribution in [0.3, 0.4) is 0 Å². The van der Waals surface area contributed by atoms with Crippen molar-refractivity contribution in [2.75, 3.05) is 26.2 Å². The molecule has 2 amide bonds. The van der Waals surface area contributed by atoms with E-state index in [9.17, 15) is 9.59 Å². The smallest absolute Gasteiger partial charge is 0.249 e. The molecule has 2 heterocycles. The first-order chi connectivity index (χ1) is 16.7. The van der Waals surface area contributed by atoms with Crippen molar-refractivity contribution in [3.63, 3.8) is 0 Å². The topological polar surface area (TPSA) is 49.9 Å². The summed E-state index contributed by atoms with van der Waals surface area (Å²) < 4.78 is 5.68. The molecule has 0 fully saturated rings. The van der Waals surface area contributed by atoms with Crippen LogP contribution < -0.4 is 0 Å². The first-order valence-electron chi connectivity index (χ1n) is 12.0. The van der Waals surface area contributed by atoms with Gasteiger partial charge in [0.05, 0.1) is 19.2 Å². The van der Waals surface area contributed by atoms with Crippen LogP contribution in [0.5, 0.6) is 0 Å². The Morgan fingerprint density at radius 3 is 2.53 bits per heavy atom. The van der Waals surface area contributed by atoms with Crippen LogP contribution in [-0.2, 0) is 27.4 Å². The second-order valence-electron chi connectivity index (χ2n) is 8.60. The van der Waals surface area contributed by atoms with Gasteiger partial charge in [0.25, 0.3) is 0 Å². The number of hydrogen-bond donors (Lipinski definition) is 0. The van der Waals surface area contributed by atoms with E-state index in [1.54, 1.807) is 16.2 Å². The summed E-state index contributed by atoms with van der Waals surface area (Å²) in [5.74, 6) is -0.152. The Bertz CT molecular complexity index is 1070. The average Bonchev–Trinajstić information content (AvgIpc) is 3.36. The molecule has 1 unspecified atom stereocenters. The van der Waals surface area contributed by atoms with Crippen LogP contribution in [0.2, 0.25) is 0 Å². The fourth-order valence-corrected chi connectivity index (χ4v) is 5.30. The third kappa shape index (κ3) is 5.93. The predicted octanol–water partition coefficient (Wildman–Crippen LogP) is 5.07. The van der Waals surface area contributed by atoms with Crippen molar-refractivity contribution in [3.05, 3.63) is 93.7 Å². The molecule has 34 heavy (non-hydrogen) atoms. The normalized spacial score (nSPS) is 15.1. The molecule has 1 atom stereocenters. The molecule has 0 spiro atoms. The molecule has 178 valence electrons. The molecule has 0 radical (unpaired) electrons. The monoisotopic (exact) mass is 476 g/mol. The molecule has 2 aromatic carbocycles. The molecule has 5 nitrogen and oxygen atoms in total. The fourth-order valence-electron chi connectivity index (χ4n) is 4.40.